The normalized spacial score (nSPS) is 16.7. The maximum atomic E-state index is 12.1. The molecule has 0 saturated carbocycles. The number of para-hydroxylation sites is 2. The lowest BCUT2D eigenvalue weighted by molar-refractivity contribution is -0.401. The summed E-state index contributed by atoms with van der Waals surface area (Å²) in [6.07, 6.45) is 20.6. The lowest BCUT2D eigenvalue weighted by Crippen LogP contribution is -2.27. The van der Waals surface area contributed by atoms with Gasteiger partial charge in [-0.25, -0.2) is 0 Å². The number of nitrogens with one attached hydrogen (secondary N) is 1. The number of benzene rings is 2. The van der Waals surface area contributed by atoms with Crippen molar-refractivity contribution in [3.8, 4) is 0 Å². The second-order valence-corrected chi connectivity index (χ2v) is 12.7. The van der Waals surface area contributed by atoms with E-state index >= 15 is 0 Å². The number of nitrogens with two attached hydrogens (primary N) is 1. The molecular weight excluding hydrogens is 576 g/mol. The Morgan fingerprint density at radius 3 is 2.13 bits per heavy atom. The van der Waals surface area contributed by atoms with E-state index in [0.717, 1.165) is 45.2 Å². The second kappa shape index (κ2) is 19.8. The first-order chi connectivity index (χ1) is 22.7. The van der Waals surface area contributed by atoms with Crippen LogP contribution in [-0.2, 0) is 15.6 Å². The van der Waals surface area contributed by atoms with Crippen molar-refractivity contribution in [3.63, 3.8) is 0 Å². The van der Waals surface area contributed by atoms with E-state index < -0.39 is 0 Å². The average molecular weight is 640 g/mol. The third-order valence-corrected chi connectivity index (χ3v) is 8.93. The van der Waals surface area contributed by atoms with Gasteiger partial charge in [-0.2, -0.15) is 4.58 Å². The molecule has 0 radical (unpaired) electrons. The van der Waals surface area contributed by atoms with E-state index in [9.17, 15) is 4.79 Å². The molecule has 47 heavy (non-hydrogen) atoms. The van der Waals surface area contributed by atoms with Crippen LogP contribution in [0.3, 0.4) is 0 Å². The van der Waals surface area contributed by atoms with Crippen LogP contribution in [0.4, 0.5) is 11.4 Å². The van der Waals surface area contributed by atoms with Gasteiger partial charge in [0.25, 0.3) is 0 Å². The SMILES string of the molecule is CC.CC.C[N+]1=C(/C=C/C=C/C=C/C=C2/N(CCCCCC(=O)NCCCCN)c3ccccc3C2(C)C)C(C)(C)c2ccccc21. The van der Waals surface area contributed by atoms with Crippen molar-refractivity contribution >= 4 is 23.0 Å². The van der Waals surface area contributed by atoms with Crippen LogP contribution < -0.4 is 16.0 Å². The minimum atomic E-state index is -0.0712. The smallest absolute Gasteiger partial charge is 0.219 e. The molecular formula is C42H63N4O+. The molecule has 0 atom stereocenters. The second-order valence-electron chi connectivity index (χ2n) is 12.7. The Labute approximate surface area is 287 Å². The van der Waals surface area contributed by atoms with E-state index in [1.165, 1.54) is 33.9 Å². The summed E-state index contributed by atoms with van der Waals surface area (Å²) in [5, 5.41) is 3.01. The zero-order valence-corrected chi connectivity index (χ0v) is 30.9. The van der Waals surface area contributed by atoms with Crippen LogP contribution in [0.25, 0.3) is 0 Å². The van der Waals surface area contributed by atoms with Gasteiger partial charge < -0.3 is 16.0 Å². The molecule has 5 nitrogen and oxygen atoms in total. The maximum absolute atomic E-state index is 12.1. The molecule has 0 aliphatic carbocycles. The number of nitrogens with zero attached hydrogens (tertiary/aromatic N) is 2. The predicted octanol–water partition coefficient (Wildman–Crippen LogP) is 9.51. The average Bonchev–Trinajstić information content (AvgIpc) is 3.42. The highest BCUT2D eigenvalue weighted by atomic mass is 16.1. The van der Waals surface area contributed by atoms with Crippen LogP contribution in [0, 0.1) is 0 Å². The van der Waals surface area contributed by atoms with Crippen molar-refractivity contribution in [2.75, 3.05) is 31.6 Å². The standard InChI is InChI=1S/C38H50N4O.2C2H6/c1-37(2)30-20-13-15-22-32(30)41(5)34(37)24-10-7-6-8-11-25-35-38(3,4)31-21-14-16-23-33(31)42(35)29-19-9-12-26-36(43)40-28-18-17-27-39;2*1-2/h6-8,10-11,13-16,20-25H,9,12,17-19,26-29,39H2,1-5H3;2*1-2H3/p+1. The van der Waals surface area contributed by atoms with Gasteiger partial charge in [0.2, 0.25) is 11.6 Å². The van der Waals surface area contributed by atoms with E-state index in [4.69, 9.17) is 5.73 Å². The number of anilines is 1. The Morgan fingerprint density at radius 2 is 1.43 bits per heavy atom. The molecule has 2 aromatic rings. The van der Waals surface area contributed by atoms with Crippen LogP contribution in [0.1, 0.15) is 105 Å². The zero-order valence-electron chi connectivity index (χ0n) is 30.9. The molecule has 0 fully saturated rings. The van der Waals surface area contributed by atoms with Gasteiger partial charge in [0, 0.05) is 54.0 Å². The summed E-state index contributed by atoms with van der Waals surface area (Å²) in [5.41, 5.74) is 13.4. The van der Waals surface area contributed by atoms with E-state index in [1.807, 2.05) is 27.7 Å². The summed E-state index contributed by atoms with van der Waals surface area (Å²) in [6.45, 7) is 19.6. The van der Waals surface area contributed by atoms with Crippen molar-refractivity contribution in [1.82, 2.24) is 5.32 Å². The first-order valence-electron chi connectivity index (χ1n) is 18.0. The highest BCUT2D eigenvalue weighted by Crippen LogP contribution is 2.47. The Morgan fingerprint density at radius 1 is 0.787 bits per heavy atom. The molecule has 2 aliphatic rings. The molecule has 2 aromatic carbocycles. The van der Waals surface area contributed by atoms with Crippen molar-refractivity contribution in [1.29, 1.82) is 0 Å². The third kappa shape index (κ3) is 10.1. The molecule has 2 aliphatic heterocycles. The summed E-state index contributed by atoms with van der Waals surface area (Å²) < 4.78 is 2.30. The van der Waals surface area contributed by atoms with E-state index in [1.54, 1.807) is 0 Å². The zero-order chi connectivity index (χ0) is 34.9. The number of carbonyl (C=O) groups excluding carboxylic acids is 1. The highest BCUT2D eigenvalue weighted by Gasteiger charge is 2.42. The summed E-state index contributed by atoms with van der Waals surface area (Å²) in [4.78, 5) is 14.6. The van der Waals surface area contributed by atoms with Gasteiger partial charge >= 0.3 is 0 Å². The molecule has 2 heterocycles. The van der Waals surface area contributed by atoms with Gasteiger partial charge in [0.1, 0.15) is 7.05 Å². The third-order valence-electron chi connectivity index (χ3n) is 8.93. The number of unbranched alkanes of at least 4 members (excludes halogenated alkanes) is 3. The quantitative estimate of drug-likeness (QED) is 0.123. The number of allylic oxidation sites excluding steroid dienone is 8. The Balaban J connectivity index is 0.00000185. The van der Waals surface area contributed by atoms with Crippen molar-refractivity contribution in [2.45, 2.75) is 105 Å². The molecule has 0 aromatic heterocycles. The van der Waals surface area contributed by atoms with Crippen LogP contribution in [-0.4, -0.2) is 42.9 Å². The maximum Gasteiger partial charge on any atom is 0.219 e. The number of rotatable bonds is 14. The fraction of sp³-hybridized carbons (Fsp3) is 0.476. The molecule has 4 rings (SSSR count). The molecule has 1 amide bonds. The van der Waals surface area contributed by atoms with Gasteiger partial charge in [-0.15, -0.1) is 0 Å². The highest BCUT2D eigenvalue weighted by molar-refractivity contribution is 6.03. The van der Waals surface area contributed by atoms with Gasteiger partial charge in [0.15, 0.2) is 5.71 Å². The fourth-order valence-corrected chi connectivity index (χ4v) is 6.49. The number of hydrogen-bond donors (Lipinski definition) is 2. The van der Waals surface area contributed by atoms with Crippen LogP contribution in [0.2, 0.25) is 0 Å². The predicted molar refractivity (Wildman–Crippen MR) is 205 cm³/mol. The summed E-state index contributed by atoms with van der Waals surface area (Å²) in [7, 11) is 2.15. The van der Waals surface area contributed by atoms with Crippen LogP contribution in [0.15, 0.2) is 96.8 Å². The molecule has 256 valence electrons. The van der Waals surface area contributed by atoms with E-state index in [2.05, 4.69) is 141 Å². The van der Waals surface area contributed by atoms with Crippen molar-refractivity contribution in [2.24, 2.45) is 5.73 Å². The number of amides is 1. The minimum absolute atomic E-state index is 0.0146. The van der Waals surface area contributed by atoms with Gasteiger partial charge in [-0.05, 0) is 63.8 Å². The lowest BCUT2D eigenvalue weighted by atomic mass is 9.81. The Bertz CT molecular complexity index is 1420. The first kappa shape index (κ1) is 39.5. The van der Waals surface area contributed by atoms with Gasteiger partial charge in [-0.3, -0.25) is 4.79 Å². The minimum Gasteiger partial charge on any atom is -0.356 e. The van der Waals surface area contributed by atoms with Gasteiger partial charge in [-0.1, -0.05) is 115 Å². The number of carbonyl (C=O) groups is 1. The summed E-state index contributed by atoms with van der Waals surface area (Å²) in [5.74, 6) is 0.154. The molecule has 0 bridgehead atoms. The fourth-order valence-electron chi connectivity index (χ4n) is 6.49. The Hall–Kier alpha value is -3.70. The molecule has 0 saturated heterocycles. The number of fused-ring (bicyclic) bond motifs is 2. The monoisotopic (exact) mass is 639 g/mol. The van der Waals surface area contributed by atoms with Crippen molar-refractivity contribution < 1.29 is 9.37 Å². The Kier molecular flexibility index (Phi) is 16.7. The molecule has 3 N–H and O–H groups in total. The largest absolute Gasteiger partial charge is 0.356 e. The number of hydrogen-bond acceptors (Lipinski definition) is 3. The van der Waals surface area contributed by atoms with Crippen LogP contribution >= 0.6 is 0 Å². The molecule has 0 spiro atoms. The summed E-state index contributed by atoms with van der Waals surface area (Å²) >= 11 is 0. The van der Waals surface area contributed by atoms with Crippen molar-refractivity contribution in [3.05, 3.63) is 108 Å². The lowest BCUT2D eigenvalue weighted by Gasteiger charge is -2.27. The topological polar surface area (TPSA) is 61.4 Å². The summed E-state index contributed by atoms with van der Waals surface area (Å²) in [6, 6.07) is 17.4. The van der Waals surface area contributed by atoms with Crippen LogP contribution in [0.5, 0.6) is 0 Å². The van der Waals surface area contributed by atoms with E-state index in [0.29, 0.717) is 13.0 Å². The van der Waals surface area contributed by atoms with E-state index in [-0.39, 0.29) is 16.7 Å². The first-order valence-corrected chi connectivity index (χ1v) is 18.0. The molecule has 5 heteroatoms. The van der Waals surface area contributed by atoms with Gasteiger partial charge in [0.05, 0.1) is 5.41 Å². The molecule has 0 unspecified atom stereocenters.